The van der Waals surface area contributed by atoms with Gasteiger partial charge in [0.05, 0.1) is 0 Å². The number of thiazole rings is 1. The molecule has 1 aromatic carbocycles. The van der Waals surface area contributed by atoms with Crippen molar-refractivity contribution in [2.45, 2.75) is 13.3 Å². The number of Topliss-reactive ketones (excluding diaryl/α,β-unsaturated/α-hetero) is 1. The van der Waals surface area contributed by atoms with Gasteiger partial charge in [-0.15, -0.1) is 11.3 Å². The fourth-order valence-electron chi connectivity index (χ4n) is 3.16. The smallest absolute Gasteiger partial charge is 0.306 e. The Kier molecular flexibility index (Phi) is 5.53. The number of nitrogens with one attached hydrogen (secondary N) is 1. The molecule has 1 fully saturated rings. The van der Waals surface area contributed by atoms with Crippen LogP contribution in [0.1, 0.15) is 34.2 Å². The van der Waals surface area contributed by atoms with E-state index < -0.39 is 6.03 Å². The first kappa shape index (κ1) is 19.7. The number of ketones is 1. The van der Waals surface area contributed by atoms with Gasteiger partial charge in [0.15, 0.2) is 5.78 Å². The second-order valence-corrected chi connectivity index (χ2v) is 7.61. The molecule has 30 heavy (non-hydrogen) atoms. The van der Waals surface area contributed by atoms with Gasteiger partial charge in [-0.25, -0.2) is 19.8 Å². The lowest BCUT2D eigenvalue weighted by Gasteiger charge is -2.27. The lowest BCUT2D eigenvalue weighted by atomic mass is 10.1. The van der Waals surface area contributed by atoms with E-state index >= 15 is 0 Å². The van der Waals surface area contributed by atoms with Gasteiger partial charge in [-0.1, -0.05) is 12.1 Å². The standard InChI is InChI=1S/C21H19N5O3S/c1-14(27)15-5-2-7-17(11-15)23-21(29)26-10-4-9-25(26)20(28)18-13-30-19(24-18)16-6-3-8-22-12-16/h2-3,5-8,11-13H,4,9-10H2,1H3,(H,23,29). The van der Waals surface area contributed by atoms with Crippen molar-refractivity contribution in [3.8, 4) is 10.6 Å². The lowest BCUT2D eigenvalue weighted by Crippen LogP contribution is -2.46. The highest BCUT2D eigenvalue weighted by Gasteiger charge is 2.32. The van der Waals surface area contributed by atoms with E-state index in [1.54, 1.807) is 42.0 Å². The zero-order valence-corrected chi connectivity index (χ0v) is 17.1. The summed E-state index contributed by atoms with van der Waals surface area (Å²) in [6.45, 7) is 2.32. The van der Waals surface area contributed by atoms with Crippen LogP contribution in [0.15, 0.2) is 54.2 Å². The maximum Gasteiger partial charge on any atom is 0.340 e. The second kappa shape index (κ2) is 8.42. The quantitative estimate of drug-likeness (QED) is 0.648. The van der Waals surface area contributed by atoms with Gasteiger partial charge in [0, 0.05) is 47.7 Å². The van der Waals surface area contributed by atoms with Crippen molar-refractivity contribution in [2.24, 2.45) is 0 Å². The molecule has 0 spiro atoms. The molecular weight excluding hydrogens is 402 g/mol. The average Bonchev–Trinajstić information content (AvgIpc) is 3.44. The predicted octanol–water partition coefficient (Wildman–Crippen LogP) is 3.70. The molecule has 3 aromatic rings. The first-order valence-corrected chi connectivity index (χ1v) is 10.3. The van der Waals surface area contributed by atoms with Crippen molar-refractivity contribution < 1.29 is 14.4 Å². The molecule has 1 saturated heterocycles. The Morgan fingerprint density at radius 1 is 1.10 bits per heavy atom. The zero-order chi connectivity index (χ0) is 21.1. The Hall–Kier alpha value is -3.59. The van der Waals surface area contributed by atoms with Crippen LogP contribution < -0.4 is 5.32 Å². The SMILES string of the molecule is CC(=O)c1cccc(NC(=O)N2CCCN2C(=O)c2csc(-c3cccnc3)n2)c1. The molecule has 0 radical (unpaired) electrons. The van der Waals surface area contributed by atoms with Gasteiger partial charge in [0.25, 0.3) is 5.91 Å². The van der Waals surface area contributed by atoms with Crippen molar-refractivity contribution in [1.29, 1.82) is 0 Å². The van der Waals surface area contributed by atoms with Gasteiger partial charge < -0.3 is 5.32 Å². The summed E-state index contributed by atoms with van der Waals surface area (Å²) in [5, 5.41) is 7.94. The number of rotatable bonds is 4. The van der Waals surface area contributed by atoms with Gasteiger partial charge in [0.2, 0.25) is 0 Å². The maximum atomic E-state index is 13.0. The minimum absolute atomic E-state index is 0.0861. The van der Waals surface area contributed by atoms with Crippen molar-refractivity contribution in [3.05, 3.63) is 65.4 Å². The molecule has 1 aliphatic rings. The van der Waals surface area contributed by atoms with E-state index in [0.717, 1.165) is 5.56 Å². The van der Waals surface area contributed by atoms with Crippen molar-refractivity contribution in [3.63, 3.8) is 0 Å². The topological polar surface area (TPSA) is 95.5 Å². The summed E-state index contributed by atoms with van der Waals surface area (Å²) in [5.41, 5.74) is 2.13. The highest BCUT2D eigenvalue weighted by atomic mass is 32.1. The molecule has 4 rings (SSSR count). The minimum Gasteiger partial charge on any atom is -0.306 e. The highest BCUT2D eigenvalue weighted by molar-refractivity contribution is 7.13. The number of hydrogen-bond acceptors (Lipinski definition) is 6. The number of nitrogens with zero attached hydrogens (tertiary/aromatic N) is 4. The highest BCUT2D eigenvalue weighted by Crippen LogP contribution is 2.25. The summed E-state index contributed by atoms with van der Waals surface area (Å²) in [5.74, 6) is -0.413. The molecule has 152 valence electrons. The van der Waals surface area contributed by atoms with Gasteiger partial charge in [-0.05, 0) is 37.6 Å². The number of urea groups is 1. The van der Waals surface area contributed by atoms with E-state index in [1.807, 2.05) is 12.1 Å². The van der Waals surface area contributed by atoms with Crippen LogP contribution in [0.3, 0.4) is 0 Å². The zero-order valence-electron chi connectivity index (χ0n) is 16.2. The Morgan fingerprint density at radius 2 is 1.93 bits per heavy atom. The third-order valence-electron chi connectivity index (χ3n) is 4.65. The van der Waals surface area contributed by atoms with Crippen LogP contribution in [0.2, 0.25) is 0 Å². The molecule has 8 nitrogen and oxygen atoms in total. The Morgan fingerprint density at radius 3 is 2.70 bits per heavy atom. The molecule has 3 heterocycles. The number of carbonyl (C=O) groups is 3. The number of pyridine rings is 1. The Labute approximate surface area is 177 Å². The van der Waals surface area contributed by atoms with Crippen LogP contribution in [0.4, 0.5) is 10.5 Å². The molecule has 9 heteroatoms. The van der Waals surface area contributed by atoms with Gasteiger partial charge in [-0.3, -0.25) is 14.6 Å². The van der Waals surface area contributed by atoms with Crippen LogP contribution >= 0.6 is 11.3 Å². The number of anilines is 1. The fraction of sp³-hybridized carbons (Fsp3) is 0.190. The monoisotopic (exact) mass is 421 g/mol. The third-order valence-corrected chi connectivity index (χ3v) is 5.54. The van der Waals surface area contributed by atoms with E-state index in [0.29, 0.717) is 35.8 Å². The van der Waals surface area contributed by atoms with Crippen LogP contribution in [0, 0.1) is 0 Å². The average molecular weight is 421 g/mol. The molecule has 0 unspecified atom stereocenters. The van der Waals surface area contributed by atoms with Crippen LogP contribution in [0.25, 0.3) is 10.6 Å². The summed E-state index contributed by atoms with van der Waals surface area (Å²) in [6, 6.07) is 9.97. The lowest BCUT2D eigenvalue weighted by molar-refractivity contribution is 0.0399. The summed E-state index contributed by atoms with van der Waals surface area (Å²) in [4.78, 5) is 45.8. The minimum atomic E-state index is -0.427. The second-order valence-electron chi connectivity index (χ2n) is 6.75. The molecule has 2 aromatic heterocycles. The molecular formula is C21H19N5O3S. The maximum absolute atomic E-state index is 13.0. The number of hydrogen-bond donors (Lipinski definition) is 1. The number of benzene rings is 1. The summed E-state index contributed by atoms with van der Waals surface area (Å²) >= 11 is 1.36. The number of carbonyl (C=O) groups excluding carboxylic acids is 3. The van der Waals surface area contributed by atoms with Gasteiger partial charge >= 0.3 is 6.03 Å². The molecule has 1 aliphatic heterocycles. The first-order valence-electron chi connectivity index (χ1n) is 9.40. The van der Waals surface area contributed by atoms with Crippen LogP contribution in [0.5, 0.6) is 0 Å². The fourth-order valence-corrected chi connectivity index (χ4v) is 3.95. The van der Waals surface area contributed by atoms with E-state index in [4.69, 9.17) is 0 Å². The number of amides is 3. The normalized spacial score (nSPS) is 13.4. The molecule has 3 amide bonds. The molecule has 0 aliphatic carbocycles. The Balaban J connectivity index is 1.49. The van der Waals surface area contributed by atoms with Gasteiger partial charge in [0.1, 0.15) is 10.7 Å². The van der Waals surface area contributed by atoms with E-state index in [-0.39, 0.29) is 17.4 Å². The van der Waals surface area contributed by atoms with Crippen molar-refractivity contribution >= 4 is 34.7 Å². The van der Waals surface area contributed by atoms with E-state index in [2.05, 4.69) is 15.3 Å². The predicted molar refractivity (Wildman–Crippen MR) is 113 cm³/mol. The van der Waals surface area contributed by atoms with E-state index in [9.17, 15) is 14.4 Å². The van der Waals surface area contributed by atoms with Gasteiger partial charge in [-0.2, -0.15) is 0 Å². The van der Waals surface area contributed by atoms with Crippen LogP contribution in [-0.4, -0.2) is 50.8 Å². The molecule has 0 atom stereocenters. The summed E-state index contributed by atoms with van der Waals surface area (Å²) in [6.07, 6.45) is 4.04. The number of hydrazine groups is 1. The molecule has 0 bridgehead atoms. The third kappa shape index (κ3) is 4.06. The first-order chi connectivity index (χ1) is 14.5. The largest absolute Gasteiger partial charge is 0.340 e. The molecule has 1 N–H and O–H groups in total. The Bertz CT molecular complexity index is 1100. The number of aromatic nitrogens is 2. The van der Waals surface area contributed by atoms with Crippen molar-refractivity contribution in [2.75, 3.05) is 18.4 Å². The van der Waals surface area contributed by atoms with Crippen LogP contribution in [-0.2, 0) is 0 Å². The summed E-state index contributed by atoms with van der Waals surface area (Å²) < 4.78 is 0. The van der Waals surface area contributed by atoms with E-state index in [1.165, 1.54) is 28.3 Å². The van der Waals surface area contributed by atoms with Crippen molar-refractivity contribution in [1.82, 2.24) is 20.0 Å². The summed E-state index contributed by atoms with van der Waals surface area (Å²) in [7, 11) is 0. The molecule has 0 saturated carbocycles.